The molecule has 3 aromatic rings. The number of imidazole rings is 1. The molecule has 128 valence electrons. The van der Waals surface area contributed by atoms with Crippen LogP contribution < -0.4 is 10.1 Å². The van der Waals surface area contributed by atoms with Gasteiger partial charge >= 0.3 is 0 Å². The van der Waals surface area contributed by atoms with Crippen molar-refractivity contribution in [3.8, 4) is 5.75 Å². The summed E-state index contributed by atoms with van der Waals surface area (Å²) < 4.78 is 7.68. The standard InChI is InChI=1S/C18H21N3O2.ClH/c1-13-20-17-5-3-4-6-18(17)21(13)11-15(22)12-23-16-9-7-14(19-2)8-10-16;/h3-10,15,19,22H,11-12H2,1-2H3;1H. The van der Waals surface area contributed by atoms with E-state index < -0.39 is 6.10 Å². The molecular formula is C18H22ClN3O2. The van der Waals surface area contributed by atoms with E-state index in [-0.39, 0.29) is 19.0 Å². The number of ether oxygens (including phenoxy) is 1. The average molecular weight is 348 g/mol. The minimum Gasteiger partial charge on any atom is -0.491 e. The van der Waals surface area contributed by atoms with E-state index in [1.54, 1.807) is 0 Å². The zero-order valence-electron chi connectivity index (χ0n) is 13.8. The lowest BCUT2D eigenvalue weighted by molar-refractivity contribution is 0.0929. The summed E-state index contributed by atoms with van der Waals surface area (Å²) in [6.07, 6.45) is -0.602. The van der Waals surface area contributed by atoms with Crippen LogP contribution in [0.15, 0.2) is 48.5 Å². The Kier molecular flexibility index (Phi) is 6.06. The number of aryl methyl sites for hydroxylation is 1. The number of nitrogens with one attached hydrogen (secondary N) is 1. The number of anilines is 1. The number of halogens is 1. The van der Waals surface area contributed by atoms with Gasteiger partial charge in [0.2, 0.25) is 0 Å². The molecule has 5 nitrogen and oxygen atoms in total. The molecule has 0 fully saturated rings. The molecule has 0 saturated carbocycles. The molecule has 6 heteroatoms. The smallest absolute Gasteiger partial charge is 0.119 e. The Morgan fingerprint density at radius 1 is 1.17 bits per heavy atom. The number of para-hydroxylation sites is 2. The maximum atomic E-state index is 10.3. The largest absolute Gasteiger partial charge is 0.491 e. The number of hydrogen-bond donors (Lipinski definition) is 2. The molecular weight excluding hydrogens is 326 g/mol. The van der Waals surface area contributed by atoms with Crippen molar-refractivity contribution in [1.82, 2.24) is 9.55 Å². The zero-order chi connectivity index (χ0) is 16.2. The van der Waals surface area contributed by atoms with Crippen molar-refractivity contribution in [3.63, 3.8) is 0 Å². The summed E-state index contributed by atoms with van der Waals surface area (Å²) in [6.45, 7) is 2.65. The first-order valence-electron chi connectivity index (χ1n) is 7.68. The van der Waals surface area contributed by atoms with E-state index in [4.69, 9.17) is 4.74 Å². The number of aromatic nitrogens is 2. The molecule has 3 rings (SSSR count). The van der Waals surface area contributed by atoms with E-state index >= 15 is 0 Å². The van der Waals surface area contributed by atoms with Gasteiger partial charge in [0.15, 0.2) is 0 Å². The molecule has 0 bridgehead atoms. The Bertz CT molecular complexity index is 787. The summed E-state index contributed by atoms with van der Waals surface area (Å²) in [5.74, 6) is 1.64. The van der Waals surface area contributed by atoms with Gasteiger partial charge in [-0.25, -0.2) is 4.98 Å². The lowest BCUT2D eigenvalue weighted by atomic mass is 10.3. The third kappa shape index (κ3) is 3.99. The topological polar surface area (TPSA) is 59.3 Å². The first-order chi connectivity index (χ1) is 11.2. The number of nitrogens with zero attached hydrogens (tertiary/aromatic N) is 2. The lowest BCUT2D eigenvalue weighted by Crippen LogP contribution is -2.24. The highest BCUT2D eigenvalue weighted by Gasteiger charge is 2.12. The minimum absolute atomic E-state index is 0. The summed E-state index contributed by atoms with van der Waals surface area (Å²) in [4.78, 5) is 4.51. The van der Waals surface area contributed by atoms with E-state index in [0.29, 0.717) is 6.54 Å². The van der Waals surface area contributed by atoms with Crippen LogP contribution in [0.4, 0.5) is 5.69 Å². The highest BCUT2D eigenvalue weighted by atomic mass is 35.5. The predicted molar refractivity (Wildman–Crippen MR) is 99.2 cm³/mol. The molecule has 1 atom stereocenters. The number of rotatable bonds is 6. The van der Waals surface area contributed by atoms with Crippen LogP contribution in [0.3, 0.4) is 0 Å². The summed E-state index contributed by atoms with van der Waals surface area (Å²) in [5.41, 5.74) is 3.00. The summed E-state index contributed by atoms with van der Waals surface area (Å²) >= 11 is 0. The number of benzene rings is 2. The number of aliphatic hydroxyl groups is 1. The Morgan fingerprint density at radius 2 is 1.88 bits per heavy atom. The Labute approximate surface area is 147 Å². The van der Waals surface area contributed by atoms with Gasteiger partial charge in [-0.2, -0.15) is 0 Å². The molecule has 1 heterocycles. The summed E-state index contributed by atoms with van der Waals surface area (Å²) in [6, 6.07) is 15.6. The Morgan fingerprint density at radius 3 is 2.58 bits per heavy atom. The third-order valence-corrected chi connectivity index (χ3v) is 3.82. The van der Waals surface area contributed by atoms with Gasteiger partial charge in [0, 0.05) is 12.7 Å². The second-order valence-electron chi connectivity index (χ2n) is 5.50. The molecule has 1 unspecified atom stereocenters. The summed E-state index contributed by atoms with van der Waals surface area (Å²) in [5, 5.41) is 13.3. The van der Waals surface area contributed by atoms with Crippen LogP contribution in [0.2, 0.25) is 0 Å². The third-order valence-electron chi connectivity index (χ3n) is 3.82. The number of aliphatic hydroxyl groups excluding tert-OH is 1. The van der Waals surface area contributed by atoms with Gasteiger partial charge in [0.05, 0.1) is 17.6 Å². The fourth-order valence-electron chi connectivity index (χ4n) is 2.60. The molecule has 2 N–H and O–H groups in total. The van der Waals surface area contributed by atoms with E-state index in [2.05, 4.69) is 10.3 Å². The van der Waals surface area contributed by atoms with Gasteiger partial charge in [-0.1, -0.05) is 12.1 Å². The Balaban J connectivity index is 0.00000208. The van der Waals surface area contributed by atoms with Crippen molar-refractivity contribution in [2.45, 2.75) is 19.6 Å². The molecule has 24 heavy (non-hydrogen) atoms. The molecule has 0 saturated heterocycles. The van der Waals surface area contributed by atoms with Crippen molar-refractivity contribution >= 4 is 29.1 Å². The van der Waals surface area contributed by atoms with Crippen molar-refractivity contribution in [3.05, 3.63) is 54.4 Å². The fraction of sp³-hybridized carbons (Fsp3) is 0.278. The van der Waals surface area contributed by atoms with Crippen LogP contribution in [0.25, 0.3) is 11.0 Å². The molecule has 0 aliphatic carbocycles. The molecule has 0 spiro atoms. The van der Waals surface area contributed by atoms with E-state index in [9.17, 15) is 5.11 Å². The van der Waals surface area contributed by atoms with E-state index in [1.807, 2.05) is 67.1 Å². The second-order valence-corrected chi connectivity index (χ2v) is 5.50. The van der Waals surface area contributed by atoms with Crippen molar-refractivity contribution in [1.29, 1.82) is 0 Å². The van der Waals surface area contributed by atoms with Gasteiger partial charge in [0.1, 0.15) is 24.3 Å². The van der Waals surface area contributed by atoms with Crippen molar-refractivity contribution in [2.24, 2.45) is 0 Å². The first-order valence-corrected chi connectivity index (χ1v) is 7.68. The number of fused-ring (bicyclic) bond motifs is 1. The zero-order valence-corrected chi connectivity index (χ0v) is 14.6. The van der Waals surface area contributed by atoms with Crippen LogP contribution in [-0.2, 0) is 6.54 Å². The molecule has 0 amide bonds. The average Bonchev–Trinajstić information content (AvgIpc) is 2.89. The van der Waals surface area contributed by atoms with Crippen molar-refractivity contribution < 1.29 is 9.84 Å². The van der Waals surface area contributed by atoms with E-state index in [0.717, 1.165) is 28.3 Å². The van der Waals surface area contributed by atoms with Gasteiger partial charge in [0.25, 0.3) is 0 Å². The van der Waals surface area contributed by atoms with Crippen molar-refractivity contribution in [2.75, 3.05) is 19.0 Å². The molecule has 2 aromatic carbocycles. The van der Waals surface area contributed by atoms with Gasteiger partial charge in [-0.3, -0.25) is 0 Å². The van der Waals surface area contributed by atoms with E-state index in [1.165, 1.54) is 0 Å². The maximum absolute atomic E-state index is 10.3. The molecule has 0 radical (unpaired) electrons. The summed E-state index contributed by atoms with van der Waals surface area (Å²) in [7, 11) is 1.87. The van der Waals surface area contributed by atoms with Gasteiger partial charge < -0.3 is 19.7 Å². The van der Waals surface area contributed by atoms with Crippen LogP contribution >= 0.6 is 12.4 Å². The monoisotopic (exact) mass is 347 g/mol. The van der Waals surface area contributed by atoms with Crippen LogP contribution in [0.1, 0.15) is 5.82 Å². The van der Waals surface area contributed by atoms with Gasteiger partial charge in [-0.05, 0) is 43.3 Å². The minimum atomic E-state index is -0.602. The first kappa shape index (κ1) is 18.1. The quantitative estimate of drug-likeness (QED) is 0.718. The van der Waals surface area contributed by atoms with Crippen LogP contribution in [0, 0.1) is 6.92 Å². The highest BCUT2D eigenvalue weighted by molar-refractivity contribution is 5.85. The highest BCUT2D eigenvalue weighted by Crippen LogP contribution is 2.17. The maximum Gasteiger partial charge on any atom is 0.119 e. The SMILES string of the molecule is CNc1ccc(OCC(O)Cn2c(C)nc3ccccc32)cc1.Cl. The lowest BCUT2D eigenvalue weighted by Gasteiger charge is -2.15. The molecule has 1 aromatic heterocycles. The fourth-order valence-corrected chi connectivity index (χ4v) is 2.60. The van der Waals surface area contributed by atoms with Crippen LogP contribution in [-0.4, -0.2) is 34.4 Å². The molecule has 0 aliphatic rings. The number of hydrogen-bond acceptors (Lipinski definition) is 4. The second kappa shape index (κ2) is 8.04. The van der Waals surface area contributed by atoms with Gasteiger partial charge in [-0.15, -0.1) is 12.4 Å². The molecule has 0 aliphatic heterocycles. The predicted octanol–water partition coefficient (Wildman–Crippen LogP) is 3.25. The Hall–Kier alpha value is -2.24. The van der Waals surface area contributed by atoms with Crippen LogP contribution in [0.5, 0.6) is 5.75 Å². The normalized spacial score (nSPS) is 11.8.